The van der Waals surface area contributed by atoms with Gasteiger partial charge in [-0.2, -0.15) is 0 Å². The quantitative estimate of drug-likeness (QED) is 0.459. The van der Waals surface area contributed by atoms with Crippen LogP contribution in [0.1, 0.15) is 0 Å². The van der Waals surface area contributed by atoms with E-state index in [1.807, 2.05) is 0 Å². The van der Waals surface area contributed by atoms with Crippen LogP contribution in [0.5, 0.6) is 0 Å². The van der Waals surface area contributed by atoms with Gasteiger partial charge in [0.05, 0.1) is 6.10 Å². The van der Waals surface area contributed by atoms with E-state index >= 15 is 0 Å². The van der Waals surface area contributed by atoms with Gasteiger partial charge < -0.3 is 15.5 Å². The van der Waals surface area contributed by atoms with Crippen LogP contribution in [0.25, 0.3) is 0 Å². The van der Waals surface area contributed by atoms with E-state index in [9.17, 15) is 9.90 Å². The van der Waals surface area contributed by atoms with Crippen molar-refractivity contribution in [3.63, 3.8) is 0 Å². The lowest BCUT2D eigenvalue weighted by molar-refractivity contribution is -0.122. The molecule has 0 saturated carbocycles. The van der Waals surface area contributed by atoms with Crippen molar-refractivity contribution in [2.45, 2.75) is 17.5 Å². The Bertz CT molecular complexity index is 164. The maximum Gasteiger partial charge on any atom is 0.235 e. The summed E-state index contributed by atoms with van der Waals surface area (Å²) >= 11 is 1.28. The van der Waals surface area contributed by atoms with Crippen LogP contribution in [0.15, 0.2) is 0 Å². The highest BCUT2D eigenvalue weighted by Crippen LogP contribution is 2.27. The first-order chi connectivity index (χ1) is 5.16. The van der Waals surface area contributed by atoms with Crippen LogP contribution in [-0.4, -0.2) is 46.4 Å². The molecule has 0 spiro atoms. The van der Waals surface area contributed by atoms with Crippen molar-refractivity contribution in [1.82, 2.24) is 5.32 Å². The van der Waals surface area contributed by atoms with Gasteiger partial charge in [-0.3, -0.25) is 4.79 Å². The Morgan fingerprint density at radius 2 is 2.27 bits per heavy atom. The van der Waals surface area contributed by atoms with E-state index in [-0.39, 0.29) is 5.91 Å². The molecular formula is C6H11NO3S. The van der Waals surface area contributed by atoms with Crippen LogP contribution in [0.4, 0.5) is 0 Å². The summed E-state index contributed by atoms with van der Waals surface area (Å²) in [6.07, 6.45) is -1.68. The summed E-state index contributed by atoms with van der Waals surface area (Å²) < 4.78 is 0. The van der Waals surface area contributed by atoms with Crippen molar-refractivity contribution in [2.75, 3.05) is 12.8 Å². The first kappa shape index (κ1) is 8.83. The van der Waals surface area contributed by atoms with Crippen LogP contribution in [0, 0.1) is 0 Å². The third kappa shape index (κ3) is 1.66. The van der Waals surface area contributed by atoms with E-state index in [1.54, 1.807) is 0 Å². The molecule has 3 N–H and O–H groups in total. The van der Waals surface area contributed by atoms with Gasteiger partial charge in [0.1, 0.15) is 11.4 Å². The molecule has 0 aromatic rings. The normalized spacial score (nSPS) is 37.2. The van der Waals surface area contributed by atoms with Gasteiger partial charge in [0.15, 0.2) is 0 Å². The predicted octanol–water partition coefficient (Wildman–Crippen LogP) is -1.43. The van der Waals surface area contributed by atoms with Gasteiger partial charge in [0.25, 0.3) is 0 Å². The third-order valence-corrected chi connectivity index (χ3v) is 3.04. The van der Waals surface area contributed by atoms with Gasteiger partial charge >= 0.3 is 0 Å². The number of carbonyl (C=O) groups is 1. The Morgan fingerprint density at radius 1 is 1.64 bits per heavy atom. The lowest BCUT2D eigenvalue weighted by Crippen LogP contribution is -2.39. The van der Waals surface area contributed by atoms with E-state index in [4.69, 9.17) is 5.11 Å². The zero-order chi connectivity index (χ0) is 8.43. The molecule has 64 valence electrons. The van der Waals surface area contributed by atoms with Crippen molar-refractivity contribution >= 4 is 17.7 Å². The second kappa shape index (κ2) is 3.42. The maximum atomic E-state index is 11.0. The molecule has 11 heavy (non-hydrogen) atoms. The number of amides is 1. The van der Waals surface area contributed by atoms with Crippen LogP contribution in [0.3, 0.4) is 0 Å². The molecule has 3 unspecified atom stereocenters. The molecule has 1 saturated heterocycles. The zero-order valence-corrected chi connectivity index (χ0v) is 6.97. The second-order valence-corrected chi connectivity index (χ2v) is 3.60. The Kier molecular flexibility index (Phi) is 2.75. The maximum absolute atomic E-state index is 11.0. The molecule has 1 aliphatic rings. The summed E-state index contributed by atoms with van der Waals surface area (Å²) in [5.41, 5.74) is 0. The fraction of sp³-hybridized carbons (Fsp3) is 0.833. The molecular weight excluding hydrogens is 166 g/mol. The average Bonchev–Trinajstić information content (AvgIpc) is 2.32. The van der Waals surface area contributed by atoms with Crippen molar-refractivity contribution in [3.05, 3.63) is 0 Å². The van der Waals surface area contributed by atoms with Crippen molar-refractivity contribution in [3.8, 4) is 0 Å². The first-order valence-electron chi connectivity index (χ1n) is 3.36. The summed E-state index contributed by atoms with van der Waals surface area (Å²) in [6.45, 7) is 0. The van der Waals surface area contributed by atoms with E-state index in [0.717, 1.165) is 0 Å². The minimum Gasteiger partial charge on any atom is -0.390 e. The predicted molar refractivity (Wildman–Crippen MR) is 42.3 cm³/mol. The molecule has 5 heteroatoms. The summed E-state index contributed by atoms with van der Waals surface area (Å²) in [5.74, 6) is 0.207. The monoisotopic (exact) mass is 177 g/mol. The van der Waals surface area contributed by atoms with Crippen LogP contribution in [0.2, 0.25) is 0 Å². The summed E-state index contributed by atoms with van der Waals surface area (Å²) in [7, 11) is 1.51. The number of hydrogen-bond donors (Lipinski definition) is 3. The number of aliphatic hydroxyl groups excluding tert-OH is 2. The highest BCUT2D eigenvalue weighted by Gasteiger charge is 2.38. The summed E-state index contributed by atoms with van der Waals surface area (Å²) in [4.78, 5) is 11.0. The molecule has 0 radical (unpaired) electrons. The molecule has 0 aromatic heterocycles. The van der Waals surface area contributed by atoms with Gasteiger partial charge in [0, 0.05) is 12.8 Å². The smallest absolute Gasteiger partial charge is 0.235 e. The summed E-state index contributed by atoms with van der Waals surface area (Å²) in [6, 6.07) is 0. The zero-order valence-electron chi connectivity index (χ0n) is 6.15. The fourth-order valence-electron chi connectivity index (χ4n) is 0.974. The lowest BCUT2D eigenvalue weighted by Gasteiger charge is -2.12. The van der Waals surface area contributed by atoms with E-state index < -0.39 is 17.5 Å². The highest BCUT2D eigenvalue weighted by atomic mass is 32.2. The fourth-order valence-corrected chi connectivity index (χ4v) is 2.22. The molecule has 4 nitrogen and oxygen atoms in total. The van der Waals surface area contributed by atoms with Gasteiger partial charge in [-0.15, -0.1) is 11.8 Å². The average molecular weight is 177 g/mol. The minimum absolute atomic E-state index is 0.223. The van der Waals surface area contributed by atoms with Crippen LogP contribution >= 0.6 is 11.8 Å². The number of rotatable bonds is 1. The lowest BCUT2D eigenvalue weighted by atomic mass is 10.1. The molecule has 0 aromatic carbocycles. The van der Waals surface area contributed by atoms with Crippen LogP contribution in [-0.2, 0) is 4.79 Å². The van der Waals surface area contributed by atoms with Crippen molar-refractivity contribution in [1.29, 1.82) is 0 Å². The molecule has 1 aliphatic heterocycles. The molecule has 1 amide bonds. The number of hydrogen-bond acceptors (Lipinski definition) is 4. The van der Waals surface area contributed by atoms with Gasteiger partial charge in [0.2, 0.25) is 5.91 Å². The number of carbonyl (C=O) groups excluding carboxylic acids is 1. The Morgan fingerprint density at radius 3 is 2.64 bits per heavy atom. The molecule has 1 rings (SSSR count). The van der Waals surface area contributed by atoms with E-state index in [2.05, 4.69) is 5.32 Å². The molecule has 1 fully saturated rings. The Labute approximate surface area is 69.0 Å². The largest absolute Gasteiger partial charge is 0.390 e. The highest BCUT2D eigenvalue weighted by molar-refractivity contribution is 8.01. The standard InChI is InChI=1S/C6H11NO3S/c1-7-6(10)5-4(9)3(8)2-11-5/h3-5,8-9H,2H2,1H3,(H,7,10). The van der Waals surface area contributed by atoms with Gasteiger partial charge in [-0.25, -0.2) is 0 Å². The Hall–Kier alpha value is -0.260. The SMILES string of the molecule is CNC(=O)C1SCC(O)C1O. The van der Waals surface area contributed by atoms with Gasteiger partial charge in [-0.1, -0.05) is 0 Å². The minimum atomic E-state index is -0.917. The molecule has 3 atom stereocenters. The van der Waals surface area contributed by atoms with E-state index in [0.29, 0.717) is 5.75 Å². The first-order valence-corrected chi connectivity index (χ1v) is 4.41. The van der Waals surface area contributed by atoms with Gasteiger partial charge in [-0.05, 0) is 0 Å². The number of nitrogens with one attached hydrogen (secondary N) is 1. The van der Waals surface area contributed by atoms with Crippen molar-refractivity contribution < 1.29 is 15.0 Å². The Balaban J connectivity index is 2.54. The number of thioether (sulfide) groups is 1. The molecule has 0 aliphatic carbocycles. The second-order valence-electron chi connectivity index (χ2n) is 2.43. The van der Waals surface area contributed by atoms with Crippen LogP contribution < -0.4 is 5.32 Å². The third-order valence-electron chi connectivity index (χ3n) is 1.66. The molecule has 0 bridgehead atoms. The summed E-state index contributed by atoms with van der Waals surface area (Å²) in [5, 5.41) is 20.2. The van der Waals surface area contributed by atoms with Crippen molar-refractivity contribution in [2.24, 2.45) is 0 Å². The van der Waals surface area contributed by atoms with E-state index in [1.165, 1.54) is 18.8 Å². The molecule has 1 heterocycles. The number of aliphatic hydroxyl groups is 2. The topological polar surface area (TPSA) is 69.6 Å².